The minimum Gasteiger partial charge on any atom is -0.478 e. The zero-order chi connectivity index (χ0) is 11.0. The average molecular weight is 221 g/mol. The smallest absolute Gasteiger partial charge is 0.335 e. The van der Waals surface area contributed by atoms with Crippen molar-refractivity contribution in [3.8, 4) is 0 Å². The van der Waals surface area contributed by atoms with Crippen LogP contribution >= 0.6 is 11.3 Å². The van der Waals surface area contributed by atoms with E-state index in [0.717, 1.165) is 15.8 Å². The molecule has 0 bridgehead atoms. The van der Waals surface area contributed by atoms with Gasteiger partial charge in [0.05, 0.1) is 21.3 Å². The molecular formula is C11H11NO2S. The predicted octanol–water partition coefficient (Wildman–Crippen LogP) is 3.12. The molecule has 0 spiro atoms. The van der Waals surface area contributed by atoms with E-state index in [2.05, 4.69) is 4.98 Å². The van der Waals surface area contributed by atoms with Crippen LogP contribution in [0, 0.1) is 0 Å². The Kier molecular flexibility index (Phi) is 2.44. The zero-order valence-corrected chi connectivity index (χ0v) is 9.34. The number of hydrogen-bond acceptors (Lipinski definition) is 3. The van der Waals surface area contributed by atoms with Crippen LogP contribution in [0.3, 0.4) is 0 Å². The second kappa shape index (κ2) is 3.62. The first-order chi connectivity index (χ1) is 7.09. The van der Waals surface area contributed by atoms with E-state index in [-0.39, 0.29) is 5.92 Å². The molecule has 1 heterocycles. The molecule has 0 aliphatic heterocycles. The van der Waals surface area contributed by atoms with Gasteiger partial charge in [-0.2, -0.15) is 0 Å². The molecule has 2 rings (SSSR count). The van der Waals surface area contributed by atoms with Crippen LogP contribution in [0.1, 0.15) is 35.7 Å². The summed E-state index contributed by atoms with van der Waals surface area (Å²) in [6.45, 7) is 4.08. The van der Waals surface area contributed by atoms with Crippen molar-refractivity contribution in [2.75, 3.05) is 0 Å². The van der Waals surface area contributed by atoms with Crippen molar-refractivity contribution < 1.29 is 9.90 Å². The maximum Gasteiger partial charge on any atom is 0.335 e. The van der Waals surface area contributed by atoms with Gasteiger partial charge in [-0.3, -0.25) is 0 Å². The highest BCUT2D eigenvalue weighted by Gasteiger charge is 2.12. The van der Waals surface area contributed by atoms with Gasteiger partial charge < -0.3 is 5.11 Å². The number of carbonyl (C=O) groups is 1. The third-order valence-electron chi connectivity index (χ3n) is 2.33. The quantitative estimate of drug-likeness (QED) is 0.847. The van der Waals surface area contributed by atoms with E-state index >= 15 is 0 Å². The van der Waals surface area contributed by atoms with Gasteiger partial charge in [0.1, 0.15) is 0 Å². The van der Waals surface area contributed by atoms with Crippen LogP contribution in [0.4, 0.5) is 0 Å². The summed E-state index contributed by atoms with van der Waals surface area (Å²) >= 11 is 1.48. The maximum atomic E-state index is 10.9. The van der Waals surface area contributed by atoms with E-state index in [1.807, 2.05) is 13.8 Å². The largest absolute Gasteiger partial charge is 0.478 e. The Balaban J connectivity index is 2.74. The third-order valence-corrected chi connectivity index (χ3v) is 3.11. The number of hydrogen-bond donors (Lipinski definition) is 1. The van der Waals surface area contributed by atoms with E-state index in [1.54, 1.807) is 17.6 Å². The Morgan fingerprint density at radius 1 is 1.47 bits per heavy atom. The van der Waals surface area contributed by atoms with Crippen molar-refractivity contribution in [3.05, 3.63) is 28.8 Å². The molecule has 1 N–H and O–H groups in total. The summed E-state index contributed by atoms with van der Waals surface area (Å²) in [5.41, 5.74) is 4.03. The number of rotatable bonds is 2. The van der Waals surface area contributed by atoms with Crippen LogP contribution in [-0.2, 0) is 0 Å². The Hall–Kier alpha value is -1.42. The molecule has 0 radical (unpaired) electrons. The second-order valence-corrected chi connectivity index (χ2v) is 4.61. The highest BCUT2D eigenvalue weighted by Crippen LogP contribution is 2.28. The molecule has 78 valence electrons. The van der Waals surface area contributed by atoms with E-state index in [1.165, 1.54) is 11.3 Å². The van der Waals surface area contributed by atoms with Gasteiger partial charge in [0.15, 0.2) is 0 Å². The van der Waals surface area contributed by atoms with Gasteiger partial charge in [-0.05, 0) is 23.6 Å². The molecule has 0 saturated heterocycles. The summed E-state index contributed by atoms with van der Waals surface area (Å²) in [6, 6.07) is 3.40. The summed E-state index contributed by atoms with van der Waals surface area (Å²) in [5.74, 6) is -0.596. The Labute approximate surface area is 91.4 Å². The van der Waals surface area contributed by atoms with Crippen molar-refractivity contribution >= 4 is 27.5 Å². The highest BCUT2D eigenvalue weighted by molar-refractivity contribution is 7.16. The van der Waals surface area contributed by atoms with Gasteiger partial charge in [0, 0.05) is 0 Å². The van der Waals surface area contributed by atoms with Crippen molar-refractivity contribution in [2.45, 2.75) is 19.8 Å². The number of fused-ring (bicyclic) bond motifs is 1. The Bertz CT molecular complexity index is 516. The molecule has 0 aliphatic rings. The Morgan fingerprint density at radius 2 is 2.20 bits per heavy atom. The fraction of sp³-hybridized carbons (Fsp3) is 0.273. The predicted molar refractivity (Wildman–Crippen MR) is 60.7 cm³/mol. The molecular weight excluding hydrogens is 210 g/mol. The number of aromatic nitrogens is 1. The van der Waals surface area contributed by atoms with Crippen LogP contribution in [-0.4, -0.2) is 16.1 Å². The molecule has 0 saturated carbocycles. The van der Waals surface area contributed by atoms with Crippen molar-refractivity contribution in [1.82, 2.24) is 4.98 Å². The van der Waals surface area contributed by atoms with Crippen LogP contribution in [0.25, 0.3) is 10.2 Å². The lowest BCUT2D eigenvalue weighted by Gasteiger charge is -2.07. The zero-order valence-electron chi connectivity index (χ0n) is 8.52. The molecule has 2 aromatic rings. The molecule has 0 amide bonds. The van der Waals surface area contributed by atoms with Gasteiger partial charge >= 0.3 is 5.97 Å². The first-order valence-electron chi connectivity index (χ1n) is 4.70. The molecule has 0 aliphatic carbocycles. The van der Waals surface area contributed by atoms with Crippen molar-refractivity contribution in [1.29, 1.82) is 0 Å². The minimum absolute atomic E-state index is 0.286. The van der Waals surface area contributed by atoms with Crippen LogP contribution in [0.5, 0.6) is 0 Å². The van der Waals surface area contributed by atoms with Crippen LogP contribution in [0.15, 0.2) is 17.6 Å². The number of nitrogens with zero attached hydrogens (tertiary/aromatic N) is 1. The SMILES string of the molecule is CC(C)c1cc(C(=O)O)cc2scnc12. The first-order valence-corrected chi connectivity index (χ1v) is 5.58. The molecule has 0 fully saturated rings. The van der Waals surface area contributed by atoms with E-state index in [9.17, 15) is 4.79 Å². The minimum atomic E-state index is -0.882. The Morgan fingerprint density at radius 3 is 2.80 bits per heavy atom. The highest BCUT2D eigenvalue weighted by atomic mass is 32.1. The first kappa shape index (κ1) is 10.1. The van der Waals surface area contributed by atoms with Crippen molar-refractivity contribution in [2.24, 2.45) is 0 Å². The fourth-order valence-corrected chi connectivity index (χ4v) is 2.31. The molecule has 15 heavy (non-hydrogen) atoms. The summed E-state index contributed by atoms with van der Waals surface area (Å²) in [7, 11) is 0. The summed E-state index contributed by atoms with van der Waals surface area (Å²) in [6.07, 6.45) is 0. The molecule has 0 unspecified atom stereocenters. The van der Waals surface area contributed by atoms with E-state index < -0.39 is 5.97 Å². The lowest BCUT2D eigenvalue weighted by Crippen LogP contribution is -1.99. The monoisotopic (exact) mass is 221 g/mol. The number of aromatic carboxylic acids is 1. The third kappa shape index (κ3) is 1.72. The van der Waals surface area contributed by atoms with Gasteiger partial charge in [-0.1, -0.05) is 13.8 Å². The topological polar surface area (TPSA) is 50.2 Å². The molecule has 0 atom stereocenters. The number of benzene rings is 1. The van der Waals surface area contributed by atoms with Gasteiger partial charge in [-0.15, -0.1) is 11.3 Å². The summed E-state index contributed by atoms with van der Waals surface area (Å²) < 4.78 is 0.943. The number of carboxylic acids is 1. The number of carboxylic acid groups (broad SMARTS) is 1. The molecule has 1 aromatic heterocycles. The summed E-state index contributed by atoms with van der Waals surface area (Å²) in [5, 5.41) is 8.97. The maximum absolute atomic E-state index is 10.9. The lowest BCUT2D eigenvalue weighted by atomic mass is 9.99. The average Bonchev–Trinajstić information content (AvgIpc) is 2.62. The lowest BCUT2D eigenvalue weighted by molar-refractivity contribution is 0.0697. The van der Waals surface area contributed by atoms with Crippen molar-refractivity contribution in [3.63, 3.8) is 0 Å². The standard InChI is InChI=1S/C11H11NO2S/c1-6(2)8-3-7(11(13)14)4-9-10(8)12-5-15-9/h3-6H,1-2H3,(H,13,14). The van der Waals surface area contributed by atoms with Crippen LogP contribution in [0.2, 0.25) is 0 Å². The van der Waals surface area contributed by atoms with Gasteiger partial charge in [0.25, 0.3) is 0 Å². The normalized spacial score (nSPS) is 11.1. The van der Waals surface area contributed by atoms with E-state index in [0.29, 0.717) is 5.56 Å². The molecule has 3 nitrogen and oxygen atoms in total. The summed E-state index contributed by atoms with van der Waals surface area (Å²) in [4.78, 5) is 15.2. The molecule has 1 aromatic carbocycles. The number of thiazole rings is 1. The van der Waals surface area contributed by atoms with Gasteiger partial charge in [-0.25, -0.2) is 9.78 Å². The van der Waals surface area contributed by atoms with Crippen LogP contribution < -0.4 is 0 Å². The second-order valence-electron chi connectivity index (χ2n) is 3.72. The molecule has 4 heteroatoms. The fourth-order valence-electron chi connectivity index (χ4n) is 1.56. The van der Waals surface area contributed by atoms with E-state index in [4.69, 9.17) is 5.11 Å². The van der Waals surface area contributed by atoms with Gasteiger partial charge in [0.2, 0.25) is 0 Å².